The fourth-order valence-electron chi connectivity index (χ4n) is 3.51. The third kappa shape index (κ3) is 5.87. The van der Waals surface area contributed by atoms with Gasteiger partial charge in [-0.3, -0.25) is 14.4 Å². The highest BCUT2D eigenvalue weighted by atomic mass is 32.2. The predicted molar refractivity (Wildman–Crippen MR) is 122 cm³/mol. The second kappa shape index (κ2) is 11.1. The second-order valence-electron chi connectivity index (χ2n) is 7.64. The highest BCUT2D eigenvalue weighted by molar-refractivity contribution is 7.98. The van der Waals surface area contributed by atoms with E-state index in [1.165, 1.54) is 7.11 Å². The summed E-state index contributed by atoms with van der Waals surface area (Å²) in [5, 5.41) is 5.57. The number of thioether (sulfide) groups is 1. The molecule has 1 aliphatic carbocycles. The maximum absolute atomic E-state index is 12.4. The molecule has 0 radical (unpaired) electrons. The summed E-state index contributed by atoms with van der Waals surface area (Å²) in [5.41, 5.74) is 1.96. The lowest BCUT2D eigenvalue weighted by atomic mass is 10.2. The molecule has 1 saturated carbocycles. The Hall–Kier alpha value is -2.88. The van der Waals surface area contributed by atoms with E-state index in [-0.39, 0.29) is 37.2 Å². The van der Waals surface area contributed by atoms with Gasteiger partial charge in [0.05, 0.1) is 24.2 Å². The zero-order chi connectivity index (χ0) is 23.1. The molecule has 0 saturated heterocycles. The fourth-order valence-corrected chi connectivity index (χ4v) is 3.98. The molecule has 3 rings (SSSR count). The van der Waals surface area contributed by atoms with Gasteiger partial charge in [-0.1, -0.05) is 0 Å². The molecule has 32 heavy (non-hydrogen) atoms. The molecule has 1 aromatic heterocycles. The normalized spacial score (nSPS) is 14.1. The molecule has 2 N–H and O–H groups in total. The van der Waals surface area contributed by atoms with Crippen molar-refractivity contribution >= 4 is 46.9 Å². The number of hydrogen-bond acceptors (Lipinski definition) is 7. The van der Waals surface area contributed by atoms with E-state index in [0.29, 0.717) is 23.5 Å². The number of nitrogens with one attached hydrogen (secondary N) is 2. The third-order valence-electron chi connectivity index (χ3n) is 5.26. The van der Waals surface area contributed by atoms with Gasteiger partial charge in [0, 0.05) is 24.4 Å². The van der Waals surface area contributed by atoms with E-state index in [9.17, 15) is 19.2 Å². The monoisotopic (exact) mass is 460 g/mol. The smallest absolute Gasteiger partial charge is 0.325 e. The van der Waals surface area contributed by atoms with Crippen LogP contribution in [-0.4, -0.2) is 59.3 Å². The Kier molecular flexibility index (Phi) is 8.26. The molecule has 172 valence electrons. The highest BCUT2D eigenvalue weighted by Crippen LogP contribution is 2.40. The molecule has 0 bridgehead atoms. The van der Waals surface area contributed by atoms with E-state index < -0.39 is 5.97 Å². The summed E-state index contributed by atoms with van der Waals surface area (Å²) in [5.74, 6) is 0.513. The van der Waals surface area contributed by atoms with Crippen molar-refractivity contribution in [1.82, 2.24) is 20.2 Å². The number of aromatic nitrogens is 2. The third-order valence-corrected chi connectivity index (χ3v) is 5.90. The number of benzene rings is 1. The molecule has 1 atom stereocenters. The van der Waals surface area contributed by atoms with Crippen molar-refractivity contribution in [1.29, 1.82) is 0 Å². The molecule has 1 fully saturated rings. The quantitative estimate of drug-likeness (QED) is 0.368. The van der Waals surface area contributed by atoms with Crippen LogP contribution in [0.3, 0.4) is 0 Å². The van der Waals surface area contributed by atoms with Gasteiger partial charge in [0.2, 0.25) is 5.91 Å². The number of esters is 1. The van der Waals surface area contributed by atoms with Crippen LogP contribution in [0.1, 0.15) is 60.4 Å². The zero-order valence-corrected chi connectivity index (χ0v) is 19.1. The fraction of sp³-hybridized carbons (Fsp3) is 0.500. The number of rotatable bonds is 12. The van der Waals surface area contributed by atoms with Crippen LogP contribution in [-0.2, 0) is 19.1 Å². The van der Waals surface area contributed by atoms with Gasteiger partial charge in [-0.15, -0.1) is 0 Å². The molecule has 2 aromatic rings. The lowest BCUT2D eigenvalue weighted by Crippen LogP contribution is -2.31. The number of carbonyl (C=O) groups is 4. The van der Waals surface area contributed by atoms with Crippen molar-refractivity contribution in [3.8, 4) is 0 Å². The minimum Gasteiger partial charge on any atom is -0.468 e. The molecule has 9 nitrogen and oxygen atoms in total. The largest absolute Gasteiger partial charge is 0.468 e. The van der Waals surface area contributed by atoms with Crippen molar-refractivity contribution in [2.45, 2.75) is 44.2 Å². The number of methoxy groups -OCH3 is 1. The molecular formula is C22H28N4O5S. The van der Waals surface area contributed by atoms with Crippen LogP contribution in [0.25, 0.3) is 11.0 Å². The Bertz CT molecular complexity index is 1000. The van der Waals surface area contributed by atoms with Crippen molar-refractivity contribution in [3.63, 3.8) is 0 Å². The van der Waals surface area contributed by atoms with E-state index in [4.69, 9.17) is 4.98 Å². The molecule has 1 heterocycles. The first kappa shape index (κ1) is 23.8. The van der Waals surface area contributed by atoms with Gasteiger partial charge in [0.15, 0.2) is 0 Å². The number of carbonyl (C=O) groups excluding carboxylic acids is 4. The average Bonchev–Trinajstić information content (AvgIpc) is 3.57. The van der Waals surface area contributed by atoms with Crippen LogP contribution < -0.4 is 10.6 Å². The average molecular weight is 461 g/mol. The molecule has 1 aliphatic rings. The van der Waals surface area contributed by atoms with Gasteiger partial charge in [0.1, 0.15) is 18.7 Å². The van der Waals surface area contributed by atoms with E-state index >= 15 is 0 Å². The molecule has 10 heteroatoms. The summed E-state index contributed by atoms with van der Waals surface area (Å²) in [4.78, 5) is 51.5. The maximum Gasteiger partial charge on any atom is 0.325 e. The number of amides is 2. The van der Waals surface area contributed by atoms with Gasteiger partial charge in [-0.25, -0.2) is 4.98 Å². The van der Waals surface area contributed by atoms with Gasteiger partial charge < -0.3 is 24.7 Å². The van der Waals surface area contributed by atoms with Crippen molar-refractivity contribution in [2.24, 2.45) is 0 Å². The molecule has 0 aliphatic heterocycles. The molecule has 1 aromatic carbocycles. The van der Waals surface area contributed by atoms with E-state index in [2.05, 4.69) is 19.9 Å². The topological polar surface area (TPSA) is 119 Å². The standard InChI is InChI=1S/C22H28N4O5S/c1-31-20(29)13-23-22(30)14-5-8-18-17(12-14)25-21(26(18)15-6-7-15)16(9-11-32-2)24-19(28)4-3-10-27/h5,8,10,12,15-16H,3-4,6-7,9,11,13H2,1-2H3,(H,23,30)(H,24,28). The SMILES string of the molecule is COC(=O)CNC(=O)c1ccc2c(c1)nc(C(CCSC)NC(=O)CCC=O)n2C1CC1. The number of fused-ring (bicyclic) bond motifs is 1. The summed E-state index contributed by atoms with van der Waals surface area (Å²) in [6.45, 7) is -0.210. The number of imidazole rings is 1. The Labute approximate surface area is 190 Å². The summed E-state index contributed by atoms with van der Waals surface area (Å²) in [7, 11) is 1.26. The Balaban J connectivity index is 1.91. The summed E-state index contributed by atoms with van der Waals surface area (Å²) < 4.78 is 6.71. The first-order chi connectivity index (χ1) is 15.5. The number of nitrogens with zero attached hydrogens (tertiary/aromatic N) is 2. The van der Waals surface area contributed by atoms with Crippen molar-refractivity contribution in [2.75, 3.05) is 25.7 Å². The summed E-state index contributed by atoms with van der Waals surface area (Å²) >= 11 is 1.69. The van der Waals surface area contributed by atoms with Gasteiger partial charge >= 0.3 is 5.97 Å². The molecular weight excluding hydrogens is 432 g/mol. The summed E-state index contributed by atoms with van der Waals surface area (Å²) in [6, 6.07) is 5.30. The van der Waals surface area contributed by atoms with Crippen LogP contribution in [0, 0.1) is 0 Å². The predicted octanol–water partition coefficient (Wildman–Crippen LogP) is 2.16. The van der Waals surface area contributed by atoms with Gasteiger partial charge in [0.25, 0.3) is 5.91 Å². The lowest BCUT2D eigenvalue weighted by molar-refractivity contribution is -0.139. The van der Waals surface area contributed by atoms with E-state index in [1.807, 2.05) is 12.3 Å². The maximum atomic E-state index is 12.4. The van der Waals surface area contributed by atoms with Crippen molar-refractivity contribution < 1.29 is 23.9 Å². The molecule has 1 unspecified atom stereocenters. The number of ether oxygens (including phenoxy) is 1. The van der Waals surface area contributed by atoms with Crippen LogP contribution in [0.4, 0.5) is 0 Å². The Morgan fingerprint density at radius 3 is 2.78 bits per heavy atom. The lowest BCUT2D eigenvalue weighted by Gasteiger charge is -2.20. The van der Waals surface area contributed by atoms with Gasteiger partial charge in [-0.05, 0) is 49.5 Å². The van der Waals surface area contributed by atoms with Crippen molar-refractivity contribution in [3.05, 3.63) is 29.6 Å². The second-order valence-corrected chi connectivity index (χ2v) is 8.63. The number of hydrogen-bond donors (Lipinski definition) is 2. The first-order valence-corrected chi connectivity index (χ1v) is 12.0. The Morgan fingerprint density at radius 1 is 1.34 bits per heavy atom. The highest BCUT2D eigenvalue weighted by Gasteiger charge is 2.31. The van der Waals surface area contributed by atoms with Gasteiger partial charge in [-0.2, -0.15) is 11.8 Å². The minimum absolute atomic E-state index is 0.146. The first-order valence-electron chi connectivity index (χ1n) is 10.6. The Morgan fingerprint density at radius 2 is 2.12 bits per heavy atom. The number of aldehydes is 1. The van der Waals surface area contributed by atoms with Crippen LogP contribution in [0.5, 0.6) is 0 Å². The van der Waals surface area contributed by atoms with Crippen LogP contribution >= 0.6 is 11.8 Å². The van der Waals surface area contributed by atoms with E-state index in [1.54, 1.807) is 23.9 Å². The zero-order valence-electron chi connectivity index (χ0n) is 18.3. The summed E-state index contributed by atoms with van der Waals surface area (Å²) in [6.07, 6.45) is 5.85. The van der Waals surface area contributed by atoms with E-state index in [0.717, 1.165) is 36.2 Å². The molecule has 2 amide bonds. The van der Waals surface area contributed by atoms with Crippen LogP contribution in [0.15, 0.2) is 18.2 Å². The molecule has 0 spiro atoms. The van der Waals surface area contributed by atoms with Crippen LogP contribution in [0.2, 0.25) is 0 Å². The minimum atomic E-state index is -0.526.